The van der Waals surface area contributed by atoms with Gasteiger partial charge in [-0.3, -0.25) is 0 Å². The molecule has 2 aliphatic heterocycles. The Kier molecular flexibility index (Phi) is 8.76. The molecule has 6 nitrogen and oxygen atoms in total. The summed E-state index contributed by atoms with van der Waals surface area (Å²) in [6, 6.07) is 31.1. The highest BCUT2D eigenvalue weighted by Gasteiger charge is 2.26. The van der Waals surface area contributed by atoms with E-state index in [-0.39, 0.29) is 34.5 Å². The Balaban J connectivity index is 0.000000181. The topological polar surface area (TPSA) is 84.0 Å². The molecule has 2 aliphatic rings. The number of ether oxygens (including phenoxy) is 4. The first-order valence-corrected chi connectivity index (χ1v) is 14.4. The Morgan fingerprint density at radius 3 is 1.05 bits per heavy atom. The van der Waals surface area contributed by atoms with Crippen molar-refractivity contribution in [1.29, 1.82) is 0 Å². The third kappa shape index (κ3) is 7.64. The van der Waals surface area contributed by atoms with E-state index in [1.807, 2.05) is 48.5 Å². The van der Waals surface area contributed by atoms with Crippen LogP contribution < -0.4 is 9.47 Å². The number of phenolic OH excluding ortho intramolecular Hbond substituents is 2. The molecular weight excluding hydrogens is 528 g/mol. The standard InChI is InChI=1S/C21H24O4.C15H16O2/c1-21(2,15-3-7-17(8-4-15)22-11-19-13-24-19)16-5-9-18(10-6-16)23-12-20-14-25-20;1-15(2,11-3-7-13(16)8-4-11)12-5-9-14(17)10-6-12/h3-10,19-20H,11-14H2,1-2H3;3-10,16-17H,1-2H3. The van der Waals surface area contributed by atoms with Crippen molar-refractivity contribution in [3.8, 4) is 23.0 Å². The first kappa shape index (κ1) is 29.5. The Bertz CT molecular complexity index is 1310. The predicted molar refractivity (Wildman–Crippen MR) is 164 cm³/mol. The molecule has 2 heterocycles. The molecule has 6 rings (SSSR count). The molecule has 0 bridgehead atoms. The minimum absolute atomic E-state index is 0.0870. The molecule has 0 aliphatic carbocycles. The molecule has 4 aromatic carbocycles. The van der Waals surface area contributed by atoms with Crippen LogP contribution in [0.25, 0.3) is 0 Å². The lowest BCUT2D eigenvalue weighted by molar-refractivity contribution is 0.263. The van der Waals surface area contributed by atoms with Gasteiger partial charge in [0, 0.05) is 10.8 Å². The number of aromatic hydroxyl groups is 2. The molecule has 2 N–H and O–H groups in total. The maximum atomic E-state index is 9.30. The third-order valence-corrected chi connectivity index (χ3v) is 8.01. The molecule has 0 aromatic heterocycles. The highest BCUT2D eigenvalue weighted by molar-refractivity contribution is 5.43. The van der Waals surface area contributed by atoms with Crippen molar-refractivity contribution in [1.82, 2.24) is 0 Å². The summed E-state index contributed by atoms with van der Waals surface area (Å²) >= 11 is 0. The van der Waals surface area contributed by atoms with Crippen LogP contribution in [0, 0.1) is 0 Å². The van der Waals surface area contributed by atoms with Gasteiger partial charge in [0.1, 0.15) is 48.4 Å². The number of rotatable bonds is 10. The number of hydrogen-bond donors (Lipinski definition) is 2. The summed E-state index contributed by atoms with van der Waals surface area (Å²) in [5, 5.41) is 18.6. The monoisotopic (exact) mass is 568 g/mol. The molecule has 4 aromatic rings. The van der Waals surface area contributed by atoms with Crippen molar-refractivity contribution in [3.05, 3.63) is 119 Å². The Morgan fingerprint density at radius 1 is 0.524 bits per heavy atom. The van der Waals surface area contributed by atoms with E-state index in [9.17, 15) is 10.2 Å². The molecular formula is C36H40O6. The zero-order valence-electron chi connectivity index (χ0n) is 24.7. The van der Waals surface area contributed by atoms with Crippen LogP contribution in [0.1, 0.15) is 49.9 Å². The van der Waals surface area contributed by atoms with Crippen LogP contribution in [0.5, 0.6) is 23.0 Å². The molecule has 0 spiro atoms. The Morgan fingerprint density at radius 2 is 0.786 bits per heavy atom. The Labute approximate surface area is 248 Å². The summed E-state index contributed by atoms with van der Waals surface area (Å²) < 4.78 is 21.8. The van der Waals surface area contributed by atoms with Gasteiger partial charge < -0.3 is 29.2 Å². The minimum Gasteiger partial charge on any atom is -0.508 e. The van der Waals surface area contributed by atoms with Crippen molar-refractivity contribution < 1.29 is 29.2 Å². The van der Waals surface area contributed by atoms with E-state index in [0.29, 0.717) is 13.2 Å². The van der Waals surface area contributed by atoms with Gasteiger partial charge >= 0.3 is 0 Å². The van der Waals surface area contributed by atoms with Gasteiger partial charge in [-0.1, -0.05) is 76.2 Å². The quantitative estimate of drug-likeness (QED) is 0.201. The summed E-state index contributed by atoms with van der Waals surface area (Å²) in [7, 11) is 0. The maximum absolute atomic E-state index is 9.30. The number of hydrogen-bond acceptors (Lipinski definition) is 6. The van der Waals surface area contributed by atoms with Crippen LogP contribution in [0.4, 0.5) is 0 Å². The van der Waals surface area contributed by atoms with Gasteiger partial charge in [-0.05, 0) is 70.8 Å². The van der Waals surface area contributed by atoms with E-state index in [4.69, 9.17) is 18.9 Å². The average molecular weight is 569 g/mol. The van der Waals surface area contributed by atoms with E-state index in [1.54, 1.807) is 24.3 Å². The second-order valence-corrected chi connectivity index (χ2v) is 11.9. The lowest BCUT2D eigenvalue weighted by atomic mass is 9.78. The summed E-state index contributed by atoms with van der Waals surface area (Å²) in [5.41, 5.74) is 4.52. The van der Waals surface area contributed by atoms with Gasteiger partial charge in [0.25, 0.3) is 0 Å². The molecule has 6 heteroatoms. The largest absolute Gasteiger partial charge is 0.508 e. The lowest BCUT2D eigenvalue weighted by Gasteiger charge is -2.26. The first-order valence-electron chi connectivity index (χ1n) is 14.4. The Hall–Kier alpha value is -4.00. The van der Waals surface area contributed by atoms with Crippen LogP contribution in [-0.4, -0.2) is 48.8 Å². The highest BCUT2D eigenvalue weighted by atomic mass is 16.6. The average Bonchev–Trinajstić information content (AvgIpc) is 3.92. The number of phenols is 2. The van der Waals surface area contributed by atoms with Gasteiger partial charge in [0.15, 0.2) is 0 Å². The molecule has 2 fully saturated rings. The molecule has 0 amide bonds. The maximum Gasteiger partial charge on any atom is 0.119 e. The molecule has 0 saturated carbocycles. The van der Waals surface area contributed by atoms with Crippen LogP contribution in [0.3, 0.4) is 0 Å². The van der Waals surface area contributed by atoms with Gasteiger partial charge in [-0.15, -0.1) is 0 Å². The molecule has 220 valence electrons. The summed E-state index contributed by atoms with van der Waals surface area (Å²) in [5.74, 6) is 2.33. The van der Waals surface area contributed by atoms with Crippen LogP contribution in [0.2, 0.25) is 0 Å². The predicted octanol–water partition coefficient (Wildman–Crippen LogP) is 6.99. The minimum atomic E-state index is -0.151. The first-order chi connectivity index (χ1) is 20.1. The molecule has 2 atom stereocenters. The van der Waals surface area contributed by atoms with E-state index < -0.39 is 0 Å². The zero-order chi connectivity index (χ0) is 29.7. The van der Waals surface area contributed by atoms with E-state index in [1.165, 1.54) is 11.1 Å². The summed E-state index contributed by atoms with van der Waals surface area (Å²) in [4.78, 5) is 0. The van der Waals surface area contributed by atoms with Crippen molar-refractivity contribution in [3.63, 3.8) is 0 Å². The van der Waals surface area contributed by atoms with Crippen molar-refractivity contribution in [2.45, 2.75) is 50.7 Å². The van der Waals surface area contributed by atoms with Crippen molar-refractivity contribution in [2.75, 3.05) is 26.4 Å². The van der Waals surface area contributed by atoms with Gasteiger partial charge in [-0.2, -0.15) is 0 Å². The summed E-state index contributed by atoms with van der Waals surface area (Å²) in [6.07, 6.45) is 0.562. The second kappa shape index (κ2) is 12.5. The van der Waals surface area contributed by atoms with Gasteiger partial charge in [-0.25, -0.2) is 0 Å². The fourth-order valence-corrected chi connectivity index (χ4v) is 4.73. The molecule has 2 saturated heterocycles. The fourth-order valence-electron chi connectivity index (χ4n) is 4.73. The normalized spacial score (nSPS) is 17.5. The molecule has 42 heavy (non-hydrogen) atoms. The fraction of sp³-hybridized carbons (Fsp3) is 0.333. The highest BCUT2D eigenvalue weighted by Crippen LogP contribution is 2.34. The molecule has 0 radical (unpaired) electrons. The van der Waals surface area contributed by atoms with Crippen molar-refractivity contribution in [2.24, 2.45) is 0 Å². The zero-order valence-corrected chi connectivity index (χ0v) is 24.7. The van der Waals surface area contributed by atoms with Gasteiger partial charge in [0.05, 0.1) is 13.2 Å². The van der Waals surface area contributed by atoms with Gasteiger partial charge in [0.2, 0.25) is 0 Å². The third-order valence-electron chi connectivity index (χ3n) is 8.01. The van der Waals surface area contributed by atoms with Crippen LogP contribution >= 0.6 is 0 Å². The number of epoxide rings is 2. The van der Waals surface area contributed by atoms with Crippen LogP contribution in [-0.2, 0) is 20.3 Å². The SMILES string of the molecule is CC(C)(c1ccc(O)cc1)c1ccc(O)cc1.CC(C)(c1ccc(OCC2CO2)cc1)c1ccc(OCC2CO2)cc1. The van der Waals surface area contributed by atoms with Crippen LogP contribution in [0.15, 0.2) is 97.1 Å². The molecule has 2 unspecified atom stereocenters. The summed E-state index contributed by atoms with van der Waals surface area (Å²) in [6.45, 7) is 11.6. The number of benzene rings is 4. The van der Waals surface area contributed by atoms with Crippen molar-refractivity contribution >= 4 is 0 Å². The van der Waals surface area contributed by atoms with E-state index >= 15 is 0 Å². The van der Waals surface area contributed by atoms with E-state index in [2.05, 4.69) is 52.0 Å². The smallest absolute Gasteiger partial charge is 0.119 e. The lowest BCUT2D eigenvalue weighted by Crippen LogP contribution is -2.18. The second-order valence-electron chi connectivity index (χ2n) is 11.9. The van der Waals surface area contributed by atoms with E-state index in [0.717, 1.165) is 35.8 Å².